The zero-order valence-electron chi connectivity index (χ0n) is 11.0. The number of aliphatic hydroxyl groups is 1. The Labute approximate surface area is 119 Å². The standard InChI is InChI=1S/C12H13N5O4/c13-15-14-5-8-3-12(19)16(6-8)11-2-1-10(17(20)21)4-9(11)7-18/h1-2,4,8,18H,3,5-7H2. The van der Waals surface area contributed by atoms with Crippen LogP contribution in [-0.2, 0) is 11.4 Å². The second-order valence-electron chi connectivity index (χ2n) is 4.72. The van der Waals surface area contributed by atoms with Gasteiger partial charge in [-0.2, -0.15) is 0 Å². The van der Waals surface area contributed by atoms with Gasteiger partial charge in [0.05, 0.1) is 11.5 Å². The number of amides is 1. The number of hydrogen-bond donors (Lipinski definition) is 1. The summed E-state index contributed by atoms with van der Waals surface area (Å²) in [6, 6.07) is 4.00. The first kappa shape index (κ1) is 14.8. The van der Waals surface area contributed by atoms with Crippen LogP contribution in [0.3, 0.4) is 0 Å². The number of hydrogen-bond acceptors (Lipinski definition) is 5. The highest BCUT2D eigenvalue weighted by Crippen LogP contribution is 2.30. The van der Waals surface area contributed by atoms with E-state index in [1.54, 1.807) is 0 Å². The fraction of sp³-hybridized carbons (Fsp3) is 0.417. The van der Waals surface area contributed by atoms with E-state index in [-0.39, 0.29) is 30.5 Å². The average Bonchev–Trinajstić information content (AvgIpc) is 2.85. The lowest BCUT2D eigenvalue weighted by Crippen LogP contribution is -2.26. The largest absolute Gasteiger partial charge is 0.392 e. The Bertz CT molecular complexity index is 626. The van der Waals surface area contributed by atoms with Crippen LogP contribution in [0.5, 0.6) is 0 Å². The third-order valence-electron chi connectivity index (χ3n) is 3.34. The number of nitro benzene ring substituents is 1. The normalized spacial score (nSPS) is 17.7. The predicted molar refractivity (Wildman–Crippen MR) is 73.5 cm³/mol. The summed E-state index contributed by atoms with van der Waals surface area (Å²) < 4.78 is 0. The Kier molecular flexibility index (Phi) is 4.36. The summed E-state index contributed by atoms with van der Waals surface area (Å²) >= 11 is 0. The molecule has 1 heterocycles. The van der Waals surface area contributed by atoms with Crippen LogP contribution in [0.25, 0.3) is 10.4 Å². The first-order valence-corrected chi connectivity index (χ1v) is 6.26. The molecule has 1 aromatic carbocycles. The molecule has 1 aliphatic rings. The number of azide groups is 1. The number of nitro groups is 1. The van der Waals surface area contributed by atoms with Crippen molar-refractivity contribution < 1.29 is 14.8 Å². The molecule has 1 aliphatic heterocycles. The van der Waals surface area contributed by atoms with Gasteiger partial charge in [-0.25, -0.2) is 0 Å². The van der Waals surface area contributed by atoms with Crippen molar-refractivity contribution in [1.82, 2.24) is 0 Å². The van der Waals surface area contributed by atoms with Crippen LogP contribution in [0.1, 0.15) is 12.0 Å². The van der Waals surface area contributed by atoms with Crippen LogP contribution in [0, 0.1) is 16.0 Å². The molecule has 0 bridgehead atoms. The summed E-state index contributed by atoms with van der Waals surface area (Å²) in [6.45, 7) is 0.185. The van der Waals surface area contributed by atoms with Gasteiger partial charge in [0, 0.05) is 47.8 Å². The molecule has 1 saturated heterocycles. The van der Waals surface area contributed by atoms with Crippen LogP contribution in [0.15, 0.2) is 23.3 Å². The Morgan fingerprint density at radius 2 is 2.33 bits per heavy atom. The van der Waals surface area contributed by atoms with Crippen LogP contribution in [0.2, 0.25) is 0 Å². The lowest BCUT2D eigenvalue weighted by Gasteiger charge is -2.19. The Hall–Kier alpha value is -2.64. The summed E-state index contributed by atoms with van der Waals surface area (Å²) in [4.78, 5) is 26.3. The Morgan fingerprint density at radius 3 is 2.95 bits per heavy atom. The third-order valence-corrected chi connectivity index (χ3v) is 3.34. The maximum Gasteiger partial charge on any atom is 0.269 e. The van der Waals surface area contributed by atoms with Gasteiger partial charge < -0.3 is 10.0 Å². The van der Waals surface area contributed by atoms with Gasteiger partial charge in [0.1, 0.15) is 0 Å². The summed E-state index contributed by atoms with van der Waals surface area (Å²) in [5.74, 6) is -0.244. The average molecular weight is 291 g/mol. The highest BCUT2D eigenvalue weighted by Gasteiger charge is 2.31. The van der Waals surface area contributed by atoms with Crippen LogP contribution in [0.4, 0.5) is 11.4 Å². The van der Waals surface area contributed by atoms with Crippen molar-refractivity contribution in [3.63, 3.8) is 0 Å². The molecule has 1 fully saturated rings. The Morgan fingerprint density at radius 1 is 1.57 bits per heavy atom. The van der Waals surface area contributed by atoms with E-state index in [0.29, 0.717) is 17.8 Å². The molecule has 21 heavy (non-hydrogen) atoms. The van der Waals surface area contributed by atoms with Gasteiger partial charge in [-0.3, -0.25) is 14.9 Å². The minimum absolute atomic E-state index is 0.0878. The SMILES string of the molecule is [N-]=[N+]=NCC1CC(=O)N(c2ccc([N+](=O)[O-])cc2CO)C1. The number of non-ortho nitro benzene ring substituents is 1. The van der Waals surface area contributed by atoms with Crippen molar-refractivity contribution in [2.45, 2.75) is 13.0 Å². The highest BCUT2D eigenvalue weighted by molar-refractivity contribution is 5.96. The molecule has 1 unspecified atom stereocenters. The molecule has 0 aromatic heterocycles. The molecule has 1 aromatic rings. The van der Waals surface area contributed by atoms with E-state index < -0.39 is 11.5 Å². The van der Waals surface area contributed by atoms with E-state index in [2.05, 4.69) is 10.0 Å². The van der Waals surface area contributed by atoms with E-state index in [9.17, 15) is 20.0 Å². The van der Waals surface area contributed by atoms with Gasteiger partial charge >= 0.3 is 0 Å². The zero-order chi connectivity index (χ0) is 15.4. The van der Waals surface area contributed by atoms with Gasteiger partial charge in [0.15, 0.2) is 0 Å². The molecule has 1 amide bonds. The molecule has 1 N–H and O–H groups in total. The fourth-order valence-electron chi connectivity index (χ4n) is 2.36. The van der Waals surface area contributed by atoms with Crippen LogP contribution in [-0.4, -0.2) is 29.0 Å². The number of nitrogens with zero attached hydrogens (tertiary/aromatic N) is 5. The van der Waals surface area contributed by atoms with E-state index in [0.717, 1.165) is 0 Å². The van der Waals surface area contributed by atoms with E-state index in [4.69, 9.17) is 5.53 Å². The van der Waals surface area contributed by atoms with Crippen molar-refractivity contribution in [2.24, 2.45) is 11.0 Å². The topological polar surface area (TPSA) is 132 Å². The van der Waals surface area contributed by atoms with Gasteiger partial charge in [-0.05, 0) is 17.5 Å². The lowest BCUT2D eigenvalue weighted by molar-refractivity contribution is -0.384. The molecule has 110 valence electrons. The molecule has 0 aliphatic carbocycles. The first-order chi connectivity index (χ1) is 10.1. The maximum absolute atomic E-state index is 12.0. The molecule has 0 spiro atoms. The zero-order valence-corrected chi connectivity index (χ0v) is 11.0. The second-order valence-corrected chi connectivity index (χ2v) is 4.72. The summed E-state index contributed by atoms with van der Waals surface area (Å²) in [6.07, 6.45) is 0.251. The summed E-state index contributed by atoms with van der Waals surface area (Å²) in [5.41, 5.74) is 8.94. The van der Waals surface area contributed by atoms with Crippen molar-refractivity contribution in [3.8, 4) is 0 Å². The minimum Gasteiger partial charge on any atom is -0.392 e. The number of rotatable bonds is 5. The monoisotopic (exact) mass is 291 g/mol. The summed E-state index contributed by atoms with van der Waals surface area (Å²) in [5, 5.41) is 23.5. The van der Waals surface area contributed by atoms with Crippen molar-refractivity contribution in [3.05, 3.63) is 44.3 Å². The molecule has 9 heteroatoms. The van der Waals surface area contributed by atoms with Crippen molar-refractivity contribution in [1.29, 1.82) is 0 Å². The lowest BCUT2D eigenvalue weighted by atomic mass is 10.1. The van der Waals surface area contributed by atoms with Gasteiger partial charge in [0.2, 0.25) is 5.91 Å². The van der Waals surface area contributed by atoms with Gasteiger partial charge in [-0.1, -0.05) is 5.11 Å². The number of anilines is 1. The first-order valence-electron chi connectivity index (χ1n) is 6.26. The highest BCUT2D eigenvalue weighted by atomic mass is 16.6. The number of carbonyl (C=O) groups is 1. The molecule has 0 saturated carbocycles. The van der Waals surface area contributed by atoms with Gasteiger partial charge in [0.25, 0.3) is 5.69 Å². The minimum atomic E-state index is -0.556. The molecule has 0 radical (unpaired) electrons. The van der Waals surface area contributed by atoms with Crippen LogP contribution < -0.4 is 4.90 Å². The molecule has 2 rings (SSSR count). The third kappa shape index (κ3) is 3.10. The quantitative estimate of drug-likeness (QED) is 0.291. The van der Waals surface area contributed by atoms with Crippen molar-refractivity contribution >= 4 is 17.3 Å². The molecular weight excluding hydrogens is 278 g/mol. The second kappa shape index (κ2) is 6.21. The maximum atomic E-state index is 12.0. The van der Waals surface area contributed by atoms with E-state index >= 15 is 0 Å². The predicted octanol–water partition coefficient (Wildman–Crippen LogP) is 1.75. The molecule has 9 nitrogen and oxygen atoms in total. The Balaban J connectivity index is 2.27. The number of aliphatic hydroxyl groups excluding tert-OH is 1. The summed E-state index contributed by atoms with van der Waals surface area (Å²) in [7, 11) is 0. The van der Waals surface area contributed by atoms with Gasteiger partial charge in [-0.15, -0.1) is 0 Å². The van der Waals surface area contributed by atoms with Crippen molar-refractivity contribution in [2.75, 3.05) is 18.0 Å². The molecular formula is C12H13N5O4. The fourth-order valence-corrected chi connectivity index (χ4v) is 2.36. The van der Waals surface area contributed by atoms with E-state index in [1.807, 2.05) is 0 Å². The molecule has 1 atom stereocenters. The van der Waals surface area contributed by atoms with Crippen LogP contribution >= 0.6 is 0 Å². The number of benzene rings is 1. The smallest absolute Gasteiger partial charge is 0.269 e. The van der Waals surface area contributed by atoms with E-state index in [1.165, 1.54) is 23.1 Å². The number of carbonyl (C=O) groups excluding carboxylic acids is 1.